The summed E-state index contributed by atoms with van der Waals surface area (Å²) in [4.78, 5) is 14.5. The van der Waals surface area contributed by atoms with E-state index in [1.165, 1.54) is 18.5 Å². The highest BCUT2D eigenvalue weighted by molar-refractivity contribution is 6.42. The van der Waals surface area contributed by atoms with Crippen LogP contribution in [0.4, 0.5) is 0 Å². The van der Waals surface area contributed by atoms with Crippen molar-refractivity contribution in [2.75, 3.05) is 13.1 Å². The number of carbonyl (C=O) groups is 1. The molecule has 1 heterocycles. The van der Waals surface area contributed by atoms with Crippen molar-refractivity contribution in [2.24, 2.45) is 5.92 Å². The molecule has 1 aliphatic heterocycles. The van der Waals surface area contributed by atoms with Crippen LogP contribution in [0.3, 0.4) is 0 Å². The maximum atomic E-state index is 12.1. The maximum Gasteiger partial charge on any atom is 0.158 e. The van der Waals surface area contributed by atoms with Crippen LogP contribution in [-0.4, -0.2) is 23.8 Å². The second kappa shape index (κ2) is 6.02. The van der Waals surface area contributed by atoms with Gasteiger partial charge in [-0.2, -0.15) is 0 Å². The van der Waals surface area contributed by atoms with Crippen LogP contribution in [0.2, 0.25) is 10.0 Å². The molecule has 0 bridgehead atoms. The van der Waals surface area contributed by atoms with Crippen molar-refractivity contribution in [1.82, 2.24) is 4.90 Å². The van der Waals surface area contributed by atoms with Gasteiger partial charge in [0, 0.05) is 37.2 Å². The Hall–Kier alpha value is -0.990. The number of hydrogen-bond acceptors (Lipinski definition) is 2. The van der Waals surface area contributed by atoms with Gasteiger partial charge in [0.2, 0.25) is 0 Å². The molecule has 1 saturated heterocycles. The Labute approximate surface area is 135 Å². The van der Waals surface area contributed by atoms with E-state index in [0.29, 0.717) is 22.4 Å². The van der Waals surface area contributed by atoms with Crippen LogP contribution in [0.25, 0.3) is 0 Å². The third-order valence-corrected chi connectivity index (χ3v) is 5.38. The van der Waals surface area contributed by atoms with Crippen LogP contribution in [0, 0.1) is 5.92 Å². The monoisotopic (exact) mass is 323 g/mol. The van der Waals surface area contributed by atoms with Crippen LogP contribution in [-0.2, 0) is 4.79 Å². The summed E-state index contributed by atoms with van der Waals surface area (Å²) < 4.78 is 0. The average molecular weight is 324 g/mol. The molecule has 112 valence electrons. The molecule has 3 rings (SSSR count). The lowest BCUT2D eigenvalue weighted by Crippen LogP contribution is -2.31. The largest absolute Gasteiger partial charge is 0.374 e. The second-order valence-corrected chi connectivity index (χ2v) is 6.82. The highest BCUT2D eigenvalue weighted by atomic mass is 35.5. The number of ketones is 1. The minimum absolute atomic E-state index is 0.188. The van der Waals surface area contributed by atoms with Gasteiger partial charge in [0.25, 0.3) is 0 Å². The Morgan fingerprint density at radius 1 is 1.14 bits per heavy atom. The van der Waals surface area contributed by atoms with E-state index in [4.69, 9.17) is 23.2 Å². The molecule has 1 aromatic carbocycles. The molecule has 2 aliphatic rings. The van der Waals surface area contributed by atoms with Gasteiger partial charge in [-0.3, -0.25) is 4.79 Å². The molecule has 1 fully saturated rings. The first-order chi connectivity index (χ1) is 10.1. The molecule has 0 amide bonds. The number of halogens is 2. The summed E-state index contributed by atoms with van der Waals surface area (Å²) in [5.74, 6) is 0.733. The third kappa shape index (κ3) is 2.97. The predicted octanol–water partition coefficient (Wildman–Crippen LogP) is 4.67. The van der Waals surface area contributed by atoms with E-state index < -0.39 is 0 Å². The molecule has 0 N–H and O–H groups in total. The maximum absolute atomic E-state index is 12.1. The lowest BCUT2D eigenvalue weighted by molar-refractivity contribution is -0.115. The van der Waals surface area contributed by atoms with E-state index >= 15 is 0 Å². The van der Waals surface area contributed by atoms with Crippen LogP contribution >= 0.6 is 23.2 Å². The van der Waals surface area contributed by atoms with Crippen molar-refractivity contribution in [3.05, 3.63) is 45.6 Å². The number of allylic oxidation sites excluding steroid dienone is 2. The zero-order chi connectivity index (χ0) is 15.0. The molecule has 4 heteroatoms. The van der Waals surface area contributed by atoms with Crippen molar-refractivity contribution in [2.45, 2.75) is 32.1 Å². The summed E-state index contributed by atoms with van der Waals surface area (Å²) >= 11 is 12.1. The summed E-state index contributed by atoms with van der Waals surface area (Å²) in [7, 11) is 0. The van der Waals surface area contributed by atoms with E-state index in [2.05, 4.69) is 11.8 Å². The van der Waals surface area contributed by atoms with Gasteiger partial charge in [-0.05, 0) is 36.5 Å². The Bertz CT molecular complexity index is 590. The first-order valence-corrected chi connectivity index (χ1v) is 8.26. The van der Waals surface area contributed by atoms with Gasteiger partial charge in [0.05, 0.1) is 10.0 Å². The van der Waals surface area contributed by atoms with Gasteiger partial charge in [0.1, 0.15) is 0 Å². The molecular formula is C17H19Cl2NO. The van der Waals surface area contributed by atoms with Gasteiger partial charge in [-0.1, -0.05) is 36.2 Å². The molecule has 0 saturated carbocycles. The Kier molecular flexibility index (Phi) is 4.28. The molecule has 1 aliphatic carbocycles. The highest BCUT2D eigenvalue weighted by Gasteiger charge is 2.33. The zero-order valence-corrected chi connectivity index (χ0v) is 13.6. The van der Waals surface area contributed by atoms with E-state index in [1.807, 2.05) is 24.3 Å². The van der Waals surface area contributed by atoms with Crippen molar-refractivity contribution >= 4 is 29.0 Å². The number of carbonyl (C=O) groups excluding carboxylic acids is 1. The van der Waals surface area contributed by atoms with Crippen molar-refractivity contribution in [3.8, 4) is 0 Å². The van der Waals surface area contributed by atoms with Crippen molar-refractivity contribution in [1.29, 1.82) is 0 Å². The van der Waals surface area contributed by atoms with E-state index in [1.54, 1.807) is 0 Å². The van der Waals surface area contributed by atoms with Crippen molar-refractivity contribution in [3.63, 3.8) is 0 Å². The zero-order valence-electron chi connectivity index (χ0n) is 12.1. The minimum Gasteiger partial charge on any atom is -0.374 e. The smallest absolute Gasteiger partial charge is 0.158 e. The first kappa shape index (κ1) is 14.9. The third-order valence-electron chi connectivity index (χ3n) is 4.64. The summed E-state index contributed by atoms with van der Waals surface area (Å²) in [5, 5.41) is 1.12. The average Bonchev–Trinajstić information content (AvgIpc) is 2.98. The second-order valence-electron chi connectivity index (χ2n) is 6.00. The fourth-order valence-corrected chi connectivity index (χ4v) is 3.77. The summed E-state index contributed by atoms with van der Waals surface area (Å²) in [6, 6.07) is 5.73. The number of hydrogen-bond donors (Lipinski definition) is 0. The Morgan fingerprint density at radius 3 is 2.52 bits per heavy atom. The molecule has 21 heavy (non-hydrogen) atoms. The Balaban J connectivity index is 1.91. The minimum atomic E-state index is 0.188. The van der Waals surface area contributed by atoms with E-state index in [-0.39, 0.29) is 11.7 Å². The lowest BCUT2D eigenvalue weighted by atomic mass is 9.77. The number of rotatable bonds is 2. The standard InChI is InChI=1S/C17H19Cl2NO/c1-11-14(12-4-5-15(18)16(19)8-12)9-13(21)10-17(11)20-6-2-3-7-20/h4-5,8,10-11,14H,2-3,6-7,9H2,1H3. The highest BCUT2D eigenvalue weighted by Crippen LogP contribution is 2.40. The number of likely N-dealkylation sites (tertiary alicyclic amines) is 1. The van der Waals surface area contributed by atoms with Crippen LogP contribution in [0.15, 0.2) is 30.0 Å². The van der Waals surface area contributed by atoms with E-state index in [0.717, 1.165) is 18.7 Å². The van der Waals surface area contributed by atoms with Gasteiger partial charge in [-0.15, -0.1) is 0 Å². The molecular weight excluding hydrogens is 305 g/mol. The molecule has 2 nitrogen and oxygen atoms in total. The van der Waals surface area contributed by atoms with Gasteiger partial charge < -0.3 is 4.90 Å². The fraction of sp³-hybridized carbons (Fsp3) is 0.471. The fourth-order valence-electron chi connectivity index (χ4n) is 3.46. The van der Waals surface area contributed by atoms with Gasteiger partial charge in [0.15, 0.2) is 5.78 Å². The molecule has 0 aromatic heterocycles. The van der Waals surface area contributed by atoms with E-state index in [9.17, 15) is 4.79 Å². The molecule has 0 radical (unpaired) electrons. The van der Waals surface area contributed by atoms with Crippen LogP contribution < -0.4 is 0 Å². The van der Waals surface area contributed by atoms with Gasteiger partial charge in [-0.25, -0.2) is 0 Å². The first-order valence-electron chi connectivity index (χ1n) is 7.50. The van der Waals surface area contributed by atoms with Crippen molar-refractivity contribution < 1.29 is 4.79 Å². The van der Waals surface area contributed by atoms with Crippen LogP contribution in [0.1, 0.15) is 37.7 Å². The summed E-state index contributed by atoms with van der Waals surface area (Å²) in [5.41, 5.74) is 2.30. The molecule has 2 atom stereocenters. The Morgan fingerprint density at radius 2 is 1.86 bits per heavy atom. The normalized spacial score (nSPS) is 26.1. The topological polar surface area (TPSA) is 20.3 Å². The lowest BCUT2D eigenvalue weighted by Gasteiger charge is -2.35. The molecule has 2 unspecified atom stereocenters. The predicted molar refractivity (Wildman–Crippen MR) is 86.9 cm³/mol. The SMILES string of the molecule is CC1C(N2CCCC2)=CC(=O)CC1c1ccc(Cl)c(Cl)c1. The number of benzene rings is 1. The van der Waals surface area contributed by atoms with Crippen LogP contribution in [0.5, 0.6) is 0 Å². The number of nitrogens with zero attached hydrogens (tertiary/aromatic N) is 1. The summed E-state index contributed by atoms with van der Waals surface area (Å²) in [6.45, 7) is 4.35. The summed E-state index contributed by atoms with van der Waals surface area (Å²) in [6.07, 6.45) is 4.84. The van der Waals surface area contributed by atoms with Gasteiger partial charge >= 0.3 is 0 Å². The molecule has 1 aromatic rings. The molecule has 0 spiro atoms. The quantitative estimate of drug-likeness (QED) is 0.788.